The van der Waals surface area contributed by atoms with Crippen LogP contribution >= 0.6 is 0 Å². The highest BCUT2D eigenvalue weighted by molar-refractivity contribution is 5.93. The van der Waals surface area contributed by atoms with Gasteiger partial charge in [-0.2, -0.15) is 0 Å². The van der Waals surface area contributed by atoms with E-state index in [1.165, 1.54) is 0 Å². The quantitative estimate of drug-likeness (QED) is 0.857. The summed E-state index contributed by atoms with van der Waals surface area (Å²) >= 11 is 0. The molecule has 1 aromatic rings. The van der Waals surface area contributed by atoms with Crippen molar-refractivity contribution >= 4 is 11.6 Å². The van der Waals surface area contributed by atoms with Crippen LogP contribution in [-0.2, 0) is 4.79 Å². The molecule has 3 N–H and O–H groups in total. The average Bonchev–Trinajstić information content (AvgIpc) is 2.84. The Labute approximate surface area is 114 Å². The summed E-state index contributed by atoms with van der Waals surface area (Å²) in [5.41, 5.74) is 6.73. The Hall–Kier alpha value is -1.55. The molecule has 0 radical (unpaired) electrons. The van der Waals surface area contributed by atoms with Crippen LogP contribution in [0.2, 0.25) is 0 Å². The molecule has 0 saturated heterocycles. The van der Waals surface area contributed by atoms with Gasteiger partial charge in [0, 0.05) is 11.7 Å². The molecular weight excluding hydrogens is 240 g/mol. The molecule has 1 fully saturated rings. The molecule has 19 heavy (non-hydrogen) atoms. The number of nitrogens with two attached hydrogens (primary N) is 1. The monoisotopic (exact) mass is 262 g/mol. The van der Waals surface area contributed by atoms with E-state index in [1.54, 1.807) is 0 Å². The molecule has 104 valence electrons. The van der Waals surface area contributed by atoms with Crippen molar-refractivity contribution in [3.05, 3.63) is 24.3 Å². The van der Waals surface area contributed by atoms with Crippen molar-refractivity contribution in [2.75, 3.05) is 11.9 Å². The second kappa shape index (κ2) is 6.57. The summed E-state index contributed by atoms with van der Waals surface area (Å²) in [6, 6.07) is 7.49. The SMILES string of the molecule is CCCOc1ccc(NC(=O)C2CCCC2N)cc1. The molecule has 4 nitrogen and oxygen atoms in total. The van der Waals surface area contributed by atoms with E-state index in [4.69, 9.17) is 10.5 Å². The van der Waals surface area contributed by atoms with Gasteiger partial charge in [-0.15, -0.1) is 0 Å². The first-order valence-electron chi connectivity index (χ1n) is 7.00. The van der Waals surface area contributed by atoms with Gasteiger partial charge in [-0.05, 0) is 43.5 Å². The zero-order chi connectivity index (χ0) is 13.7. The third-order valence-electron chi connectivity index (χ3n) is 3.50. The molecular formula is C15H22N2O2. The van der Waals surface area contributed by atoms with Gasteiger partial charge in [0.15, 0.2) is 0 Å². The third kappa shape index (κ3) is 3.70. The van der Waals surface area contributed by atoms with E-state index >= 15 is 0 Å². The zero-order valence-electron chi connectivity index (χ0n) is 11.4. The van der Waals surface area contributed by atoms with Crippen LogP contribution < -0.4 is 15.8 Å². The smallest absolute Gasteiger partial charge is 0.229 e. The fourth-order valence-electron chi connectivity index (χ4n) is 2.40. The lowest BCUT2D eigenvalue weighted by atomic mass is 10.0. The van der Waals surface area contributed by atoms with Gasteiger partial charge in [0.05, 0.1) is 12.5 Å². The highest BCUT2D eigenvalue weighted by atomic mass is 16.5. The molecule has 0 heterocycles. The molecule has 0 aromatic heterocycles. The molecule has 4 heteroatoms. The summed E-state index contributed by atoms with van der Waals surface area (Å²) in [6.45, 7) is 2.78. The van der Waals surface area contributed by atoms with Gasteiger partial charge in [0.2, 0.25) is 5.91 Å². The molecule has 0 bridgehead atoms. The van der Waals surface area contributed by atoms with Crippen LogP contribution in [0.1, 0.15) is 32.6 Å². The molecule has 2 rings (SSSR count). The highest BCUT2D eigenvalue weighted by Gasteiger charge is 2.30. The van der Waals surface area contributed by atoms with Crippen molar-refractivity contribution in [1.29, 1.82) is 0 Å². The minimum Gasteiger partial charge on any atom is -0.494 e. The van der Waals surface area contributed by atoms with Gasteiger partial charge in [-0.3, -0.25) is 4.79 Å². The fourth-order valence-corrected chi connectivity index (χ4v) is 2.40. The van der Waals surface area contributed by atoms with E-state index in [1.807, 2.05) is 24.3 Å². The van der Waals surface area contributed by atoms with Crippen molar-refractivity contribution < 1.29 is 9.53 Å². The van der Waals surface area contributed by atoms with Crippen LogP contribution in [0.4, 0.5) is 5.69 Å². The Morgan fingerprint density at radius 2 is 2.11 bits per heavy atom. The van der Waals surface area contributed by atoms with Crippen molar-refractivity contribution in [3.8, 4) is 5.75 Å². The number of ether oxygens (including phenoxy) is 1. The minimum atomic E-state index is -0.0454. The third-order valence-corrected chi connectivity index (χ3v) is 3.50. The van der Waals surface area contributed by atoms with Crippen LogP contribution in [-0.4, -0.2) is 18.6 Å². The van der Waals surface area contributed by atoms with Gasteiger partial charge in [0.1, 0.15) is 5.75 Å². The van der Waals surface area contributed by atoms with Gasteiger partial charge >= 0.3 is 0 Å². The number of amides is 1. The summed E-state index contributed by atoms with van der Waals surface area (Å²) < 4.78 is 5.50. The number of carbonyl (C=O) groups is 1. The van der Waals surface area contributed by atoms with E-state index in [2.05, 4.69) is 12.2 Å². The Kier molecular flexibility index (Phi) is 4.80. The largest absolute Gasteiger partial charge is 0.494 e. The van der Waals surface area contributed by atoms with E-state index in [-0.39, 0.29) is 17.9 Å². The number of hydrogen-bond acceptors (Lipinski definition) is 3. The van der Waals surface area contributed by atoms with E-state index in [0.29, 0.717) is 6.61 Å². The molecule has 1 aliphatic rings. The normalized spacial score (nSPS) is 22.2. The molecule has 0 spiro atoms. The summed E-state index contributed by atoms with van der Waals surface area (Å²) in [4.78, 5) is 12.1. The van der Waals surface area contributed by atoms with Crippen LogP contribution in [0.15, 0.2) is 24.3 Å². The summed E-state index contributed by atoms with van der Waals surface area (Å²) in [5, 5.41) is 2.92. The Balaban J connectivity index is 1.90. The topological polar surface area (TPSA) is 64.3 Å². The highest BCUT2D eigenvalue weighted by Crippen LogP contribution is 2.25. The molecule has 0 aliphatic heterocycles. The molecule has 2 unspecified atom stereocenters. The van der Waals surface area contributed by atoms with Crippen molar-refractivity contribution in [2.45, 2.75) is 38.6 Å². The maximum Gasteiger partial charge on any atom is 0.229 e. The minimum absolute atomic E-state index is 0.00663. The number of nitrogens with one attached hydrogen (secondary N) is 1. The van der Waals surface area contributed by atoms with E-state index in [9.17, 15) is 4.79 Å². The van der Waals surface area contributed by atoms with Crippen LogP contribution in [0, 0.1) is 5.92 Å². The Bertz CT molecular complexity index is 417. The predicted molar refractivity (Wildman–Crippen MR) is 76.2 cm³/mol. The average molecular weight is 262 g/mol. The maximum absolute atomic E-state index is 12.1. The lowest BCUT2D eigenvalue weighted by Crippen LogP contribution is -2.34. The first-order valence-corrected chi connectivity index (χ1v) is 7.00. The molecule has 2 atom stereocenters. The number of hydrogen-bond donors (Lipinski definition) is 2. The summed E-state index contributed by atoms with van der Waals surface area (Å²) in [5.74, 6) is 0.820. The van der Waals surface area contributed by atoms with E-state index < -0.39 is 0 Å². The van der Waals surface area contributed by atoms with Crippen LogP contribution in [0.5, 0.6) is 5.75 Å². The molecule has 1 saturated carbocycles. The van der Waals surface area contributed by atoms with Crippen molar-refractivity contribution in [3.63, 3.8) is 0 Å². The van der Waals surface area contributed by atoms with Gasteiger partial charge in [-0.25, -0.2) is 0 Å². The molecule has 1 amide bonds. The van der Waals surface area contributed by atoms with Crippen LogP contribution in [0.3, 0.4) is 0 Å². The first kappa shape index (κ1) is 13.9. The van der Waals surface area contributed by atoms with Crippen molar-refractivity contribution in [2.24, 2.45) is 11.7 Å². The molecule has 1 aromatic carbocycles. The Morgan fingerprint density at radius 3 is 2.68 bits per heavy atom. The van der Waals surface area contributed by atoms with E-state index in [0.717, 1.165) is 37.1 Å². The lowest BCUT2D eigenvalue weighted by Gasteiger charge is -2.15. The standard InChI is InChI=1S/C15H22N2O2/c1-2-10-19-12-8-6-11(7-9-12)17-15(18)13-4-3-5-14(13)16/h6-9,13-14H,2-5,10,16H2,1H3,(H,17,18). The van der Waals surface area contributed by atoms with Crippen LogP contribution in [0.25, 0.3) is 0 Å². The lowest BCUT2D eigenvalue weighted by molar-refractivity contribution is -0.120. The predicted octanol–water partition coefficient (Wildman–Crippen LogP) is 2.54. The second-order valence-electron chi connectivity index (χ2n) is 5.06. The van der Waals surface area contributed by atoms with Gasteiger partial charge in [0.25, 0.3) is 0 Å². The number of anilines is 1. The maximum atomic E-state index is 12.1. The van der Waals surface area contributed by atoms with Gasteiger partial charge in [-0.1, -0.05) is 13.3 Å². The zero-order valence-corrected chi connectivity index (χ0v) is 11.4. The van der Waals surface area contributed by atoms with Crippen molar-refractivity contribution in [1.82, 2.24) is 0 Å². The summed E-state index contributed by atoms with van der Waals surface area (Å²) in [7, 11) is 0. The number of carbonyl (C=O) groups excluding carboxylic acids is 1. The second-order valence-corrected chi connectivity index (χ2v) is 5.06. The fraction of sp³-hybridized carbons (Fsp3) is 0.533. The Morgan fingerprint density at radius 1 is 1.37 bits per heavy atom. The summed E-state index contributed by atoms with van der Waals surface area (Å²) in [6.07, 6.45) is 3.87. The van der Waals surface area contributed by atoms with Gasteiger partial charge < -0.3 is 15.8 Å². The number of benzene rings is 1. The first-order chi connectivity index (χ1) is 9.20. The molecule has 1 aliphatic carbocycles. The number of rotatable bonds is 5.